The molecule has 0 unspecified atom stereocenters. The number of aromatic nitrogens is 3. The van der Waals surface area contributed by atoms with Crippen molar-refractivity contribution in [1.29, 1.82) is 0 Å². The number of hydrogen-bond donors (Lipinski definition) is 1. The average molecular weight is 385 g/mol. The van der Waals surface area contributed by atoms with Gasteiger partial charge >= 0.3 is 0 Å². The van der Waals surface area contributed by atoms with E-state index in [0.29, 0.717) is 29.8 Å². The second-order valence-electron chi connectivity index (χ2n) is 6.66. The molecule has 27 heavy (non-hydrogen) atoms. The summed E-state index contributed by atoms with van der Waals surface area (Å²) < 4.78 is 7.48. The Bertz CT molecular complexity index is 844. The molecule has 0 bridgehead atoms. The summed E-state index contributed by atoms with van der Waals surface area (Å²) in [7, 11) is 0. The summed E-state index contributed by atoms with van der Waals surface area (Å²) in [4.78, 5) is 12.2. The highest BCUT2D eigenvalue weighted by Gasteiger charge is 2.18. The fraction of sp³-hybridized carbons (Fsp3) is 0.350. The van der Waals surface area contributed by atoms with Crippen LogP contribution in [0.2, 0.25) is 0 Å². The van der Waals surface area contributed by atoms with Crippen molar-refractivity contribution >= 4 is 17.7 Å². The molecule has 0 aliphatic heterocycles. The lowest BCUT2D eigenvalue weighted by atomic mass is 10.1. The van der Waals surface area contributed by atoms with E-state index in [0.717, 1.165) is 18.1 Å². The van der Waals surface area contributed by atoms with E-state index in [2.05, 4.69) is 41.5 Å². The maximum atomic E-state index is 12.2. The maximum absolute atomic E-state index is 12.2. The van der Waals surface area contributed by atoms with Crippen molar-refractivity contribution in [2.75, 3.05) is 12.3 Å². The second kappa shape index (κ2) is 9.41. The van der Waals surface area contributed by atoms with Crippen molar-refractivity contribution in [1.82, 2.24) is 20.1 Å². The van der Waals surface area contributed by atoms with Crippen LogP contribution >= 0.6 is 11.8 Å². The van der Waals surface area contributed by atoms with Gasteiger partial charge in [-0.25, -0.2) is 0 Å². The van der Waals surface area contributed by atoms with Crippen molar-refractivity contribution in [3.8, 4) is 11.6 Å². The van der Waals surface area contributed by atoms with E-state index < -0.39 is 0 Å². The normalized spacial score (nSPS) is 11.1. The highest BCUT2D eigenvalue weighted by Crippen LogP contribution is 2.25. The van der Waals surface area contributed by atoms with Crippen LogP contribution in [-0.2, 0) is 17.8 Å². The largest absolute Gasteiger partial charge is 0.461 e. The Hall–Kier alpha value is -2.54. The summed E-state index contributed by atoms with van der Waals surface area (Å²) in [5, 5.41) is 12.2. The van der Waals surface area contributed by atoms with E-state index in [1.165, 1.54) is 17.3 Å². The molecule has 0 spiro atoms. The topological polar surface area (TPSA) is 73.0 Å². The van der Waals surface area contributed by atoms with Gasteiger partial charge in [-0.3, -0.25) is 9.36 Å². The van der Waals surface area contributed by atoms with Crippen LogP contribution in [0.25, 0.3) is 11.6 Å². The summed E-state index contributed by atoms with van der Waals surface area (Å²) in [5.74, 6) is 2.11. The second-order valence-corrected chi connectivity index (χ2v) is 7.60. The molecular formula is C20H24N4O2S. The molecule has 0 radical (unpaired) electrons. The number of furan rings is 1. The Morgan fingerprint density at radius 3 is 2.70 bits per heavy atom. The van der Waals surface area contributed by atoms with Crippen LogP contribution in [0, 0.1) is 5.92 Å². The van der Waals surface area contributed by atoms with Crippen LogP contribution in [0.1, 0.15) is 19.4 Å². The standard InChI is InChI=1S/C20H24N4O2S/c1-15(2)13-24-19(17-9-6-12-26-17)22-23-20(24)27-14-18(25)21-11-10-16-7-4-3-5-8-16/h3-9,12,15H,10-11,13-14H2,1-2H3,(H,21,25). The zero-order chi connectivity index (χ0) is 19.1. The molecule has 1 aromatic carbocycles. The molecule has 2 heterocycles. The van der Waals surface area contributed by atoms with Gasteiger partial charge in [0.05, 0.1) is 12.0 Å². The molecule has 3 aromatic rings. The first-order valence-corrected chi connectivity index (χ1v) is 10.0. The summed E-state index contributed by atoms with van der Waals surface area (Å²) >= 11 is 1.40. The molecule has 2 aromatic heterocycles. The van der Waals surface area contributed by atoms with Gasteiger partial charge in [0, 0.05) is 13.1 Å². The molecule has 3 rings (SSSR count). The quantitative estimate of drug-likeness (QED) is 0.570. The molecule has 0 fully saturated rings. The van der Waals surface area contributed by atoms with Gasteiger partial charge < -0.3 is 9.73 Å². The molecule has 0 atom stereocenters. The minimum Gasteiger partial charge on any atom is -0.461 e. The monoisotopic (exact) mass is 384 g/mol. The van der Waals surface area contributed by atoms with Crippen molar-refractivity contribution in [2.45, 2.75) is 32.0 Å². The molecule has 0 aliphatic carbocycles. The number of benzene rings is 1. The van der Waals surface area contributed by atoms with Crippen molar-refractivity contribution in [3.05, 3.63) is 54.3 Å². The lowest BCUT2D eigenvalue weighted by Crippen LogP contribution is -2.27. The Labute approximate surface area is 163 Å². The highest BCUT2D eigenvalue weighted by atomic mass is 32.2. The number of nitrogens with one attached hydrogen (secondary N) is 1. The lowest BCUT2D eigenvalue weighted by Gasteiger charge is -2.11. The minimum atomic E-state index is -0.00502. The van der Waals surface area contributed by atoms with Crippen LogP contribution in [0.15, 0.2) is 58.3 Å². The smallest absolute Gasteiger partial charge is 0.230 e. The molecule has 6 nitrogen and oxygen atoms in total. The van der Waals surface area contributed by atoms with E-state index in [-0.39, 0.29) is 5.91 Å². The third-order valence-corrected chi connectivity index (χ3v) is 4.88. The molecule has 142 valence electrons. The number of amides is 1. The predicted molar refractivity (Wildman–Crippen MR) is 106 cm³/mol. The molecule has 1 amide bonds. The van der Waals surface area contributed by atoms with E-state index in [1.54, 1.807) is 6.26 Å². The number of rotatable bonds is 9. The zero-order valence-electron chi connectivity index (χ0n) is 15.6. The van der Waals surface area contributed by atoms with E-state index in [1.807, 2.05) is 34.9 Å². The summed E-state index contributed by atoms with van der Waals surface area (Å²) in [5.41, 5.74) is 1.21. The first-order valence-electron chi connectivity index (χ1n) is 9.04. The summed E-state index contributed by atoms with van der Waals surface area (Å²) in [6.07, 6.45) is 2.44. The molecule has 0 aliphatic rings. The summed E-state index contributed by atoms with van der Waals surface area (Å²) in [6, 6.07) is 13.8. The lowest BCUT2D eigenvalue weighted by molar-refractivity contribution is -0.118. The van der Waals surface area contributed by atoms with Gasteiger partial charge in [0.2, 0.25) is 5.91 Å². The molecule has 0 saturated carbocycles. The summed E-state index contributed by atoms with van der Waals surface area (Å²) in [6.45, 7) is 5.66. The fourth-order valence-corrected chi connectivity index (χ4v) is 3.46. The Kier molecular flexibility index (Phi) is 6.70. The van der Waals surface area contributed by atoms with Crippen LogP contribution in [-0.4, -0.2) is 33.0 Å². The number of thioether (sulfide) groups is 1. The first kappa shape index (κ1) is 19.2. The van der Waals surface area contributed by atoms with Crippen molar-refractivity contribution in [3.63, 3.8) is 0 Å². The van der Waals surface area contributed by atoms with E-state index >= 15 is 0 Å². The Morgan fingerprint density at radius 2 is 2.00 bits per heavy atom. The minimum absolute atomic E-state index is 0.00502. The van der Waals surface area contributed by atoms with Gasteiger partial charge in [-0.1, -0.05) is 55.9 Å². The zero-order valence-corrected chi connectivity index (χ0v) is 16.4. The van der Waals surface area contributed by atoms with E-state index in [9.17, 15) is 4.79 Å². The van der Waals surface area contributed by atoms with Gasteiger partial charge in [-0.15, -0.1) is 10.2 Å². The van der Waals surface area contributed by atoms with Gasteiger partial charge in [-0.05, 0) is 30.0 Å². The SMILES string of the molecule is CC(C)Cn1c(SCC(=O)NCCc2ccccc2)nnc1-c1ccco1. The first-order chi connectivity index (χ1) is 13.1. The van der Waals surface area contributed by atoms with Crippen molar-refractivity contribution < 1.29 is 9.21 Å². The van der Waals surface area contributed by atoms with Crippen molar-refractivity contribution in [2.24, 2.45) is 5.92 Å². The highest BCUT2D eigenvalue weighted by molar-refractivity contribution is 7.99. The third kappa shape index (κ3) is 5.47. The molecule has 7 heteroatoms. The Morgan fingerprint density at radius 1 is 1.19 bits per heavy atom. The van der Waals surface area contributed by atoms with Crippen LogP contribution in [0.5, 0.6) is 0 Å². The number of carbonyl (C=O) groups is 1. The van der Waals surface area contributed by atoms with Gasteiger partial charge in [0.1, 0.15) is 0 Å². The van der Waals surface area contributed by atoms with Gasteiger partial charge in [-0.2, -0.15) is 0 Å². The maximum Gasteiger partial charge on any atom is 0.230 e. The van der Waals surface area contributed by atoms with Gasteiger partial charge in [0.25, 0.3) is 0 Å². The number of hydrogen-bond acceptors (Lipinski definition) is 5. The van der Waals surface area contributed by atoms with E-state index in [4.69, 9.17) is 4.42 Å². The van der Waals surface area contributed by atoms with Crippen LogP contribution in [0.4, 0.5) is 0 Å². The molecule has 0 saturated heterocycles. The number of nitrogens with zero attached hydrogens (tertiary/aromatic N) is 3. The molecular weight excluding hydrogens is 360 g/mol. The van der Waals surface area contributed by atoms with Crippen LogP contribution < -0.4 is 5.32 Å². The van der Waals surface area contributed by atoms with Crippen LogP contribution in [0.3, 0.4) is 0 Å². The Balaban J connectivity index is 1.56. The fourth-order valence-electron chi connectivity index (χ4n) is 2.69. The predicted octanol–water partition coefficient (Wildman–Crippen LogP) is 3.65. The van der Waals surface area contributed by atoms with Gasteiger partial charge in [0.15, 0.2) is 16.7 Å². The number of carbonyl (C=O) groups excluding carboxylic acids is 1. The third-order valence-electron chi connectivity index (χ3n) is 3.92. The molecule has 1 N–H and O–H groups in total. The average Bonchev–Trinajstić information content (AvgIpc) is 3.30.